The van der Waals surface area contributed by atoms with Gasteiger partial charge in [-0.3, -0.25) is 0 Å². The third-order valence-corrected chi connectivity index (χ3v) is 5.14. The summed E-state index contributed by atoms with van der Waals surface area (Å²) >= 11 is 6.04. The Labute approximate surface area is 125 Å². The van der Waals surface area contributed by atoms with Gasteiger partial charge in [-0.1, -0.05) is 11.6 Å². The van der Waals surface area contributed by atoms with Crippen LogP contribution in [0.2, 0.25) is 5.02 Å². The predicted octanol–water partition coefficient (Wildman–Crippen LogP) is 1.72. The van der Waals surface area contributed by atoms with Gasteiger partial charge in [0, 0.05) is 38.9 Å². The van der Waals surface area contributed by atoms with Gasteiger partial charge in [-0.15, -0.1) is 0 Å². The Morgan fingerprint density at radius 3 is 2.70 bits per heavy atom. The van der Waals surface area contributed by atoms with Crippen molar-refractivity contribution in [2.24, 2.45) is 0 Å². The number of rotatable bonds is 8. The number of hydrogen-bond acceptors (Lipinski definition) is 4. The van der Waals surface area contributed by atoms with Crippen LogP contribution in [0.1, 0.15) is 12.0 Å². The van der Waals surface area contributed by atoms with Crippen molar-refractivity contribution in [3.05, 3.63) is 28.8 Å². The summed E-state index contributed by atoms with van der Waals surface area (Å²) in [7, 11) is 1.46. The van der Waals surface area contributed by atoms with Crippen molar-refractivity contribution in [3.63, 3.8) is 0 Å². The number of nitrogens with one attached hydrogen (secondary N) is 1. The zero-order chi connectivity index (χ0) is 15.2. The predicted molar refractivity (Wildman–Crippen MR) is 80.5 cm³/mol. The molecule has 0 aliphatic carbocycles. The molecule has 0 radical (unpaired) electrons. The first-order valence-electron chi connectivity index (χ1n) is 6.31. The van der Waals surface area contributed by atoms with E-state index in [1.165, 1.54) is 10.4 Å². The van der Waals surface area contributed by atoms with Crippen LogP contribution in [0.3, 0.4) is 0 Å². The third-order valence-electron chi connectivity index (χ3n) is 2.91. The van der Waals surface area contributed by atoms with E-state index in [4.69, 9.17) is 16.3 Å². The summed E-state index contributed by atoms with van der Waals surface area (Å²) in [6.45, 7) is 1.47. The zero-order valence-corrected chi connectivity index (χ0v) is 13.6. The molecule has 0 heterocycles. The van der Waals surface area contributed by atoms with E-state index < -0.39 is 10.0 Å². The summed E-state index contributed by atoms with van der Waals surface area (Å²) in [5.41, 5.74) is 0.764. The van der Waals surface area contributed by atoms with E-state index in [1.807, 2.05) is 0 Å². The Morgan fingerprint density at radius 1 is 1.40 bits per heavy atom. The van der Waals surface area contributed by atoms with Gasteiger partial charge in [-0.05, 0) is 37.2 Å². The number of hydrogen-bond donors (Lipinski definition) is 1. The van der Waals surface area contributed by atoms with Gasteiger partial charge in [0.1, 0.15) is 0 Å². The van der Waals surface area contributed by atoms with E-state index in [2.05, 4.69) is 5.32 Å². The normalized spacial score (nSPS) is 12.1. The lowest BCUT2D eigenvalue weighted by molar-refractivity contribution is 0.189. The average Bonchev–Trinajstić information content (AvgIpc) is 2.41. The first-order valence-corrected chi connectivity index (χ1v) is 8.13. The van der Waals surface area contributed by atoms with Crippen LogP contribution in [-0.2, 0) is 21.3 Å². The monoisotopic (exact) mass is 320 g/mol. The molecule has 20 heavy (non-hydrogen) atoms. The summed E-state index contributed by atoms with van der Waals surface area (Å²) < 4.78 is 31.1. The average molecular weight is 321 g/mol. The lowest BCUT2D eigenvalue weighted by atomic mass is 10.2. The summed E-state index contributed by atoms with van der Waals surface area (Å²) in [6, 6.07) is 4.76. The van der Waals surface area contributed by atoms with Crippen molar-refractivity contribution >= 4 is 21.6 Å². The minimum atomic E-state index is -3.49. The van der Waals surface area contributed by atoms with Crippen molar-refractivity contribution in [2.75, 3.05) is 34.4 Å². The van der Waals surface area contributed by atoms with Gasteiger partial charge in [0.05, 0.1) is 4.90 Å². The van der Waals surface area contributed by atoms with Crippen LogP contribution in [-0.4, -0.2) is 47.1 Å². The van der Waals surface area contributed by atoms with Gasteiger partial charge in [0.15, 0.2) is 0 Å². The molecule has 0 saturated carbocycles. The van der Waals surface area contributed by atoms with Crippen LogP contribution >= 0.6 is 11.6 Å². The molecule has 0 unspecified atom stereocenters. The molecule has 5 nitrogen and oxygen atoms in total. The Morgan fingerprint density at radius 2 is 2.10 bits per heavy atom. The van der Waals surface area contributed by atoms with Gasteiger partial charge in [-0.2, -0.15) is 0 Å². The maximum absolute atomic E-state index is 12.4. The molecule has 1 N–H and O–H groups in total. The molecule has 0 saturated heterocycles. The number of methoxy groups -OCH3 is 1. The molecule has 1 rings (SSSR count). The Bertz CT molecular complexity index is 534. The molecule has 0 aromatic heterocycles. The van der Waals surface area contributed by atoms with E-state index in [-0.39, 0.29) is 4.90 Å². The summed E-state index contributed by atoms with van der Waals surface area (Å²) in [4.78, 5) is 0.257. The molecule has 0 bridgehead atoms. The smallest absolute Gasteiger partial charge is 0.242 e. The third kappa shape index (κ3) is 4.43. The van der Waals surface area contributed by atoms with Crippen molar-refractivity contribution in [1.29, 1.82) is 0 Å². The quantitative estimate of drug-likeness (QED) is 0.741. The van der Waals surface area contributed by atoms with Gasteiger partial charge >= 0.3 is 0 Å². The number of sulfonamides is 1. The minimum absolute atomic E-state index is 0.257. The molecular weight excluding hydrogens is 300 g/mol. The maximum atomic E-state index is 12.4. The topological polar surface area (TPSA) is 58.6 Å². The van der Waals surface area contributed by atoms with E-state index in [1.54, 1.807) is 33.3 Å². The molecule has 0 aliphatic rings. The van der Waals surface area contributed by atoms with Crippen molar-refractivity contribution in [3.8, 4) is 0 Å². The summed E-state index contributed by atoms with van der Waals surface area (Å²) in [6.07, 6.45) is 0.656. The Hall–Kier alpha value is -0.660. The number of benzene rings is 1. The van der Waals surface area contributed by atoms with Crippen LogP contribution in [0.15, 0.2) is 23.1 Å². The largest absolute Gasteiger partial charge is 0.385 e. The molecule has 1 aromatic rings. The highest BCUT2D eigenvalue weighted by atomic mass is 35.5. The van der Waals surface area contributed by atoms with Crippen LogP contribution in [0.25, 0.3) is 0 Å². The molecular formula is C13H21ClN2O3S. The molecule has 0 amide bonds. The first-order chi connectivity index (χ1) is 9.43. The molecule has 1 aromatic carbocycles. The van der Waals surface area contributed by atoms with Crippen LogP contribution in [0, 0.1) is 0 Å². The highest BCUT2D eigenvalue weighted by molar-refractivity contribution is 7.89. The van der Waals surface area contributed by atoms with E-state index in [0.29, 0.717) is 31.1 Å². The SMILES string of the molecule is CNCc1cc(S(=O)(=O)N(C)CCCOC)ccc1Cl. The standard InChI is InChI=1S/C13H21ClN2O3S/c1-15-10-11-9-12(5-6-13(11)14)20(17,18)16(2)7-4-8-19-3/h5-6,9,15H,4,7-8,10H2,1-3H3. The van der Waals surface area contributed by atoms with Crippen LogP contribution in [0.5, 0.6) is 0 Å². The molecule has 0 atom stereocenters. The van der Waals surface area contributed by atoms with E-state index in [9.17, 15) is 8.42 Å². The number of halogens is 1. The lowest BCUT2D eigenvalue weighted by Gasteiger charge is -2.17. The van der Waals surface area contributed by atoms with Crippen molar-refractivity contribution in [2.45, 2.75) is 17.9 Å². The zero-order valence-electron chi connectivity index (χ0n) is 12.0. The van der Waals surface area contributed by atoms with Gasteiger partial charge in [0.25, 0.3) is 0 Å². The van der Waals surface area contributed by atoms with Crippen molar-refractivity contribution < 1.29 is 13.2 Å². The Kier molecular flexibility index (Phi) is 6.91. The van der Waals surface area contributed by atoms with E-state index >= 15 is 0 Å². The molecule has 0 spiro atoms. The number of ether oxygens (including phenoxy) is 1. The molecule has 114 valence electrons. The van der Waals surface area contributed by atoms with Gasteiger partial charge in [-0.25, -0.2) is 12.7 Å². The highest BCUT2D eigenvalue weighted by Crippen LogP contribution is 2.22. The molecule has 7 heteroatoms. The molecule has 0 fully saturated rings. The fraction of sp³-hybridized carbons (Fsp3) is 0.538. The minimum Gasteiger partial charge on any atom is -0.385 e. The van der Waals surface area contributed by atoms with Crippen LogP contribution in [0.4, 0.5) is 0 Å². The maximum Gasteiger partial charge on any atom is 0.242 e. The van der Waals surface area contributed by atoms with E-state index in [0.717, 1.165) is 5.56 Å². The Balaban J connectivity index is 2.94. The van der Waals surface area contributed by atoms with Gasteiger partial charge in [0.2, 0.25) is 10.0 Å². The second-order valence-corrected chi connectivity index (χ2v) is 6.91. The summed E-state index contributed by atoms with van der Waals surface area (Å²) in [5.74, 6) is 0. The van der Waals surface area contributed by atoms with Gasteiger partial charge < -0.3 is 10.1 Å². The fourth-order valence-electron chi connectivity index (χ4n) is 1.77. The fourth-order valence-corrected chi connectivity index (χ4v) is 3.21. The highest BCUT2D eigenvalue weighted by Gasteiger charge is 2.21. The lowest BCUT2D eigenvalue weighted by Crippen LogP contribution is -2.28. The summed E-state index contributed by atoms with van der Waals surface area (Å²) in [5, 5.41) is 3.52. The first kappa shape index (κ1) is 17.4. The molecule has 0 aliphatic heterocycles. The second-order valence-electron chi connectivity index (χ2n) is 4.46. The van der Waals surface area contributed by atoms with Crippen molar-refractivity contribution in [1.82, 2.24) is 9.62 Å². The second kappa shape index (κ2) is 7.95. The van der Waals surface area contributed by atoms with Crippen LogP contribution < -0.4 is 5.32 Å². The number of nitrogens with zero attached hydrogens (tertiary/aromatic N) is 1.